The molecule has 0 spiro atoms. The van der Waals surface area contributed by atoms with Crippen molar-refractivity contribution >= 4 is 22.3 Å². The molecule has 4 nitrogen and oxygen atoms in total. The standard InChI is InChI=1S/C17H21NO3S/c1-4-10-21-13-8-6-12(7-9-13)14-11(3)22-16(18)15(14)17(19)20-5-2/h6-9H,4-5,10,18H2,1-3H3. The van der Waals surface area contributed by atoms with Crippen LogP contribution in [0.1, 0.15) is 35.5 Å². The van der Waals surface area contributed by atoms with Crippen molar-refractivity contribution in [1.29, 1.82) is 0 Å². The van der Waals surface area contributed by atoms with Crippen molar-refractivity contribution < 1.29 is 14.3 Å². The number of aryl methyl sites for hydroxylation is 1. The molecular formula is C17H21NO3S. The van der Waals surface area contributed by atoms with Crippen molar-refractivity contribution in [2.75, 3.05) is 18.9 Å². The lowest BCUT2D eigenvalue weighted by Gasteiger charge is -2.08. The highest BCUT2D eigenvalue weighted by atomic mass is 32.1. The highest BCUT2D eigenvalue weighted by Crippen LogP contribution is 2.39. The molecule has 0 unspecified atom stereocenters. The van der Waals surface area contributed by atoms with Crippen molar-refractivity contribution in [1.82, 2.24) is 0 Å². The Hall–Kier alpha value is -2.01. The van der Waals surface area contributed by atoms with Gasteiger partial charge in [-0.25, -0.2) is 4.79 Å². The van der Waals surface area contributed by atoms with Crippen molar-refractivity contribution in [2.24, 2.45) is 0 Å². The van der Waals surface area contributed by atoms with Crippen LogP contribution in [0.15, 0.2) is 24.3 Å². The molecule has 2 N–H and O–H groups in total. The number of rotatable bonds is 6. The lowest BCUT2D eigenvalue weighted by atomic mass is 10.0. The van der Waals surface area contributed by atoms with E-state index in [0.29, 0.717) is 23.8 Å². The summed E-state index contributed by atoms with van der Waals surface area (Å²) < 4.78 is 10.7. The predicted octanol–water partition coefficient (Wildman–Crippen LogP) is 4.27. The van der Waals surface area contributed by atoms with Crippen molar-refractivity contribution in [2.45, 2.75) is 27.2 Å². The number of hydrogen-bond acceptors (Lipinski definition) is 5. The molecular weight excluding hydrogens is 298 g/mol. The molecule has 0 aliphatic carbocycles. The molecule has 0 aliphatic heterocycles. The van der Waals surface area contributed by atoms with Crippen LogP contribution in [0, 0.1) is 6.92 Å². The van der Waals surface area contributed by atoms with Crippen LogP contribution in [0.5, 0.6) is 5.75 Å². The number of carbonyl (C=O) groups is 1. The van der Waals surface area contributed by atoms with E-state index in [1.165, 1.54) is 11.3 Å². The Bertz CT molecular complexity index is 647. The SMILES string of the molecule is CCCOc1ccc(-c2c(C)sc(N)c2C(=O)OCC)cc1. The first-order valence-electron chi connectivity index (χ1n) is 7.37. The Labute approximate surface area is 134 Å². The van der Waals surface area contributed by atoms with Gasteiger partial charge in [0.1, 0.15) is 16.3 Å². The van der Waals surface area contributed by atoms with Gasteiger partial charge in [-0.15, -0.1) is 11.3 Å². The third-order valence-corrected chi connectivity index (χ3v) is 4.14. The molecule has 22 heavy (non-hydrogen) atoms. The maximum Gasteiger partial charge on any atom is 0.341 e. The minimum atomic E-state index is -0.370. The molecule has 5 heteroatoms. The zero-order chi connectivity index (χ0) is 16.1. The van der Waals surface area contributed by atoms with E-state index in [4.69, 9.17) is 15.2 Å². The normalized spacial score (nSPS) is 10.5. The van der Waals surface area contributed by atoms with E-state index in [1.54, 1.807) is 6.92 Å². The smallest absolute Gasteiger partial charge is 0.341 e. The van der Waals surface area contributed by atoms with Crippen LogP contribution in [0.4, 0.5) is 5.00 Å². The predicted molar refractivity (Wildman–Crippen MR) is 90.6 cm³/mol. The van der Waals surface area contributed by atoms with Gasteiger partial charge in [-0.1, -0.05) is 19.1 Å². The average molecular weight is 319 g/mol. The van der Waals surface area contributed by atoms with Gasteiger partial charge in [0.2, 0.25) is 0 Å². The van der Waals surface area contributed by atoms with E-state index in [0.717, 1.165) is 28.2 Å². The fourth-order valence-corrected chi connectivity index (χ4v) is 3.20. The molecule has 0 fully saturated rings. The third-order valence-electron chi connectivity index (χ3n) is 3.21. The zero-order valence-electron chi connectivity index (χ0n) is 13.1. The highest BCUT2D eigenvalue weighted by Gasteiger charge is 2.22. The van der Waals surface area contributed by atoms with Gasteiger partial charge >= 0.3 is 5.97 Å². The summed E-state index contributed by atoms with van der Waals surface area (Å²) in [6.07, 6.45) is 0.967. The second-order valence-electron chi connectivity index (χ2n) is 4.87. The Morgan fingerprint density at radius 3 is 2.50 bits per heavy atom. The van der Waals surface area contributed by atoms with Crippen LogP contribution in [-0.4, -0.2) is 19.2 Å². The number of hydrogen-bond donors (Lipinski definition) is 1. The quantitative estimate of drug-likeness (QED) is 0.808. The third kappa shape index (κ3) is 3.42. The summed E-state index contributed by atoms with van der Waals surface area (Å²) in [5.41, 5.74) is 8.26. The van der Waals surface area contributed by atoms with Gasteiger partial charge in [-0.3, -0.25) is 0 Å². The molecule has 0 aliphatic rings. The van der Waals surface area contributed by atoms with E-state index in [9.17, 15) is 4.79 Å². The number of carbonyl (C=O) groups excluding carboxylic acids is 1. The van der Waals surface area contributed by atoms with Gasteiger partial charge in [0.15, 0.2) is 0 Å². The maximum atomic E-state index is 12.2. The molecule has 0 bridgehead atoms. The fraction of sp³-hybridized carbons (Fsp3) is 0.353. The lowest BCUT2D eigenvalue weighted by Crippen LogP contribution is -2.07. The summed E-state index contributed by atoms with van der Waals surface area (Å²) in [6.45, 7) is 6.83. The molecule has 1 aromatic heterocycles. The first kappa shape index (κ1) is 16.4. The van der Waals surface area contributed by atoms with Gasteiger partial charge in [0.25, 0.3) is 0 Å². The number of thiophene rings is 1. The van der Waals surface area contributed by atoms with Gasteiger partial charge < -0.3 is 15.2 Å². The lowest BCUT2D eigenvalue weighted by molar-refractivity contribution is 0.0529. The largest absolute Gasteiger partial charge is 0.494 e. The number of esters is 1. The molecule has 0 atom stereocenters. The molecule has 0 saturated carbocycles. The number of ether oxygens (including phenoxy) is 2. The summed E-state index contributed by atoms with van der Waals surface area (Å²) in [6, 6.07) is 7.71. The Morgan fingerprint density at radius 1 is 1.23 bits per heavy atom. The topological polar surface area (TPSA) is 61.5 Å². The summed E-state index contributed by atoms with van der Waals surface area (Å²) >= 11 is 1.41. The van der Waals surface area contributed by atoms with Crippen molar-refractivity contribution in [3.8, 4) is 16.9 Å². The molecule has 1 aromatic carbocycles. The molecule has 2 aromatic rings. The summed E-state index contributed by atoms with van der Waals surface area (Å²) in [4.78, 5) is 13.2. The fourth-order valence-electron chi connectivity index (χ4n) is 2.26. The number of benzene rings is 1. The van der Waals surface area contributed by atoms with Crippen LogP contribution in [0.25, 0.3) is 11.1 Å². The second-order valence-corrected chi connectivity index (χ2v) is 6.12. The van der Waals surface area contributed by atoms with Gasteiger partial charge in [0.05, 0.1) is 13.2 Å². The summed E-state index contributed by atoms with van der Waals surface area (Å²) in [5.74, 6) is 0.454. The maximum absolute atomic E-state index is 12.2. The molecule has 118 valence electrons. The van der Waals surface area contributed by atoms with Gasteiger partial charge in [-0.2, -0.15) is 0 Å². The van der Waals surface area contributed by atoms with E-state index in [-0.39, 0.29) is 5.97 Å². The van der Waals surface area contributed by atoms with Crippen molar-refractivity contribution in [3.63, 3.8) is 0 Å². The van der Waals surface area contributed by atoms with Crippen LogP contribution in [0.3, 0.4) is 0 Å². The molecule has 1 heterocycles. The molecule has 0 saturated heterocycles. The first-order valence-corrected chi connectivity index (χ1v) is 8.19. The van der Waals surface area contributed by atoms with Gasteiger partial charge in [-0.05, 0) is 38.0 Å². The van der Waals surface area contributed by atoms with Crippen LogP contribution < -0.4 is 10.5 Å². The van der Waals surface area contributed by atoms with Crippen molar-refractivity contribution in [3.05, 3.63) is 34.7 Å². The van der Waals surface area contributed by atoms with Crippen LogP contribution in [0.2, 0.25) is 0 Å². The monoisotopic (exact) mass is 319 g/mol. The average Bonchev–Trinajstić information content (AvgIpc) is 2.80. The van der Waals surface area contributed by atoms with Crippen LogP contribution >= 0.6 is 11.3 Å². The first-order chi connectivity index (χ1) is 10.6. The van der Waals surface area contributed by atoms with E-state index >= 15 is 0 Å². The highest BCUT2D eigenvalue weighted by molar-refractivity contribution is 7.16. The van der Waals surface area contributed by atoms with Gasteiger partial charge in [0, 0.05) is 10.4 Å². The minimum absolute atomic E-state index is 0.330. The number of nitrogens with two attached hydrogens (primary N) is 1. The van der Waals surface area contributed by atoms with E-state index in [2.05, 4.69) is 6.92 Å². The zero-order valence-corrected chi connectivity index (χ0v) is 14.0. The molecule has 2 rings (SSSR count). The Kier molecular flexibility index (Phi) is 5.44. The number of anilines is 1. The molecule has 0 radical (unpaired) electrons. The minimum Gasteiger partial charge on any atom is -0.494 e. The molecule has 0 amide bonds. The van der Waals surface area contributed by atoms with E-state index < -0.39 is 0 Å². The summed E-state index contributed by atoms with van der Waals surface area (Å²) in [7, 11) is 0. The Balaban J connectivity index is 2.37. The Morgan fingerprint density at radius 2 is 1.91 bits per heavy atom. The summed E-state index contributed by atoms with van der Waals surface area (Å²) in [5, 5.41) is 0.497. The second kappa shape index (κ2) is 7.31. The van der Waals surface area contributed by atoms with Crippen LogP contribution in [-0.2, 0) is 4.74 Å². The number of nitrogen functional groups attached to an aromatic ring is 1. The van der Waals surface area contributed by atoms with E-state index in [1.807, 2.05) is 31.2 Å².